The second kappa shape index (κ2) is 8.04. The third-order valence-electron chi connectivity index (χ3n) is 4.99. The molecule has 1 unspecified atom stereocenters. The molecule has 0 spiro atoms. The van der Waals surface area contributed by atoms with E-state index in [-0.39, 0.29) is 12.1 Å². The van der Waals surface area contributed by atoms with Crippen LogP contribution in [-0.2, 0) is 11.3 Å². The van der Waals surface area contributed by atoms with Crippen molar-refractivity contribution in [1.29, 1.82) is 0 Å². The highest BCUT2D eigenvalue weighted by Gasteiger charge is 2.37. The molecule has 0 radical (unpaired) electrons. The van der Waals surface area contributed by atoms with Gasteiger partial charge in [0, 0.05) is 37.6 Å². The normalized spacial score (nSPS) is 18.9. The molecular formula is C20H22FN5O3. The van der Waals surface area contributed by atoms with Gasteiger partial charge in [0.15, 0.2) is 0 Å². The number of piperazine rings is 1. The second-order valence-electron chi connectivity index (χ2n) is 7.27. The molecule has 2 aliphatic rings. The number of amides is 3. The van der Waals surface area contributed by atoms with Gasteiger partial charge in [-0.15, -0.1) is 0 Å². The van der Waals surface area contributed by atoms with Crippen LogP contribution in [0, 0.1) is 12.7 Å². The predicted molar refractivity (Wildman–Crippen MR) is 105 cm³/mol. The first-order valence-corrected chi connectivity index (χ1v) is 9.42. The molecule has 3 amide bonds. The van der Waals surface area contributed by atoms with Gasteiger partial charge in [-0.05, 0) is 42.8 Å². The van der Waals surface area contributed by atoms with E-state index < -0.39 is 11.8 Å². The second-order valence-corrected chi connectivity index (χ2v) is 7.27. The van der Waals surface area contributed by atoms with Crippen LogP contribution >= 0.6 is 0 Å². The quantitative estimate of drug-likeness (QED) is 0.826. The number of hydrogen-bond acceptors (Lipinski definition) is 5. The van der Waals surface area contributed by atoms with Gasteiger partial charge in [-0.25, -0.2) is 14.0 Å². The highest BCUT2D eigenvalue weighted by molar-refractivity contribution is 5.99. The number of benzene rings is 1. The van der Waals surface area contributed by atoms with Gasteiger partial charge in [-0.1, -0.05) is 0 Å². The van der Waals surface area contributed by atoms with Crippen LogP contribution in [0.5, 0.6) is 0 Å². The lowest BCUT2D eigenvalue weighted by Gasteiger charge is -2.35. The Balaban J connectivity index is 1.38. The third-order valence-corrected chi connectivity index (χ3v) is 4.99. The summed E-state index contributed by atoms with van der Waals surface area (Å²) >= 11 is 0. The average Bonchev–Trinajstić information content (AvgIpc) is 3.03. The van der Waals surface area contributed by atoms with Crippen molar-refractivity contribution in [2.45, 2.75) is 19.5 Å². The van der Waals surface area contributed by atoms with Gasteiger partial charge in [-0.3, -0.25) is 14.8 Å². The molecule has 1 aromatic carbocycles. The summed E-state index contributed by atoms with van der Waals surface area (Å²) in [5.41, 5.74) is 2.52. The topological polar surface area (TPSA) is 86.8 Å². The number of aryl methyl sites for hydroxylation is 1. The lowest BCUT2D eigenvalue weighted by atomic mass is 10.1. The first kappa shape index (κ1) is 19.1. The van der Waals surface area contributed by atoms with Crippen LogP contribution in [0.4, 0.5) is 25.4 Å². The van der Waals surface area contributed by atoms with Crippen molar-refractivity contribution in [3.8, 4) is 0 Å². The number of hydrogen-bond donors (Lipinski definition) is 2. The Bertz CT molecular complexity index is 921. The summed E-state index contributed by atoms with van der Waals surface area (Å²) in [5, 5.41) is 5.33. The molecule has 3 heterocycles. The van der Waals surface area contributed by atoms with Gasteiger partial charge in [0.2, 0.25) is 0 Å². The van der Waals surface area contributed by atoms with E-state index >= 15 is 0 Å². The highest BCUT2D eigenvalue weighted by Crippen LogP contribution is 2.21. The third kappa shape index (κ3) is 4.62. The van der Waals surface area contributed by atoms with Crippen LogP contribution in [0.2, 0.25) is 0 Å². The van der Waals surface area contributed by atoms with Crippen LogP contribution in [0.1, 0.15) is 11.3 Å². The zero-order valence-corrected chi connectivity index (χ0v) is 16.0. The van der Waals surface area contributed by atoms with Gasteiger partial charge in [-0.2, -0.15) is 0 Å². The van der Waals surface area contributed by atoms with Crippen LogP contribution < -0.4 is 10.6 Å². The molecule has 9 heteroatoms. The van der Waals surface area contributed by atoms with Crippen LogP contribution in [-0.4, -0.2) is 59.2 Å². The van der Waals surface area contributed by atoms with Crippen LogP contribution in [0.3, 0.4) is 0 Å². The zero-order valence-electron chi connectivity index (χ0n) is 16.0. The van der Waals surface area contributed by atoms with Gasteiger partial charge < -0.3 is 15.4 Å². The Labute approximate surface area is 167 Å². The Morgan fingerprint density at radius 1 is 1.24 bits per heavy atom. The zero-order chi connectivity index (χ0) is 20.4. The number of ether oxygens (including phenoxy) is 1. The number of urea groups is 1. The number of nitrogens with zero attached hydrogens (tertiary/aromatic N) is 3. The minimum Gasteiger partial charge on any atom is -0.447 e. The monoisotopic (exact) mass is 399 g/mol. The number of cyclic esters (lactones) is 1. The molecule has 0 bridgehead atoms. The first-order chi connectivity index (χ1) is 14.0. The van der Waals surface area contributed by atoms with E-state index in [1.54, 1.807) is 29.3 Å². The van der Waals surface area contributed by atoms with E-state index in [9.17, 15) is 14.0 Å². The fourth-order valence-corrected chi connectivity index (χ4v) is 3.60. The van der Waals surface area contributed by atoms with Crippen molar-refractivity contribution < 1.29 is 18.7 Å². The largest absolute Gasteiger partial charge is 0.447 e. The first-order valence-electron chi connectivity index (χ1n) is 9.42. The molecular weight excluding hydrogens is 377 g/mol. The van der Waals surface area contributed by atoms with Gasteiger partial charge in [0.25, 0.3) is 0 Å². The SMILES string of the molecule is Cc1ccc(NC(=O)Nc2cc(F)cc(CN3CCN4C(=O)OCC4C3)c2)cn1. The summed E-state index contributed by atoms with van der Waals surface area (Å²) in [6.07, 6.45) is 1.30. The van der Waals surface area contributed by atoms with Crippen molar-refractivity contribution in [1.82, 2.24) is 14.8 Å². The lowest BCUT2D eigenvalue weighted by Crippen LogP contribution is -2.51. The Hall–Kier alpha value is -3.20. The van der Waals surface area contributed by atoms with E-state index in [0.717, 1.165) is 11.3 Å². The molecule has 1 atom stereocenters. The minimum absolute atomic E-state index is 0.0382. The molecule has 0 aliphatic carbocycles. The summed E-state index contributed by atoms with van der Waals surface area (Å²) in [7, 11) is 0. The number of nitrogens with one attached hydrogen (secondary N) is 2. The number of pyridine rings is 1. The van der Waals surface area contributed by atoms with E-state index in [4.69, 9.17) is 4.74 Å². The van der Waals surface area contributed by atoms with E-state index in [0.29, 0.717) is 44.2 Å². The minimum atomic E-state index is -0.470. The molecule has 1 aromatic heterocycles. The van der Waals surface area contributed by atoms with E-state index in [1.807, 2.05) is 6.92 Å². The van der Waals surface area contributed by atoms with Crippen molar-refractivity contribution in [3.05, 3.63) is 53.6 Å². The summed E-state index contributed by atoms with van der Waals surface area (Å²) < 4.78 is 19.2. The molecule has 2 fully saturated rings. The number of anilines is 2. The fraction of sp³-hybridized carbons (Fsp3) is 0.350. The molecule has 4 rings (SSSR count). The van der Waals surface area contributed by atoms with Crippen molar-refractivity contribution >= 4 is 23.5 Å². The number of carbonyl (C=O) groups is 2. The summed E-state index contributed by atoms with van der Waals surface area (Å²) in [5.74, 6) is -0.423. The lowest BCUT2D eigenvalue weighted by molar-refractivity contribution is 0.115. The summed E-state index contributed by atoms with van der Waals surface area (Å²) in [4.78, 5) is 31.8. The van der Waals surface area contributed by atoms with Gasteiger partial charge in [0.05, 0.1) is 17.9 Å². The van der Waals surface area contributed by atoms with Crippen molar-refractivity contribution in [2.75, 3.05) is 36.9 Å². The number of fused-ring (bicyclic) bond motifs is 1. The van der Waals surface area contributed by atoms with Crippen LogP contribution in [0.15, 0.2) is 36.5 Å². The maximum atomic E-state index is 14.1. The molecule has 2 aliphatic heterocycles. The number of rotatable bonds is 4. The number of carbonyl (C=O) groups excluding carboxylic acids is 2. The number of halogens is 1. The van der Waals surface area contributed by atoms with Crippen LogP contribution in [0.25, 0.3) is 0 Å². The Morgan fingerprint density at radius 2 is 2.07 bits per heavy atom. The molecule has 2 saturated heterocycles. The molecule has 2 aromatic rings. The molecule has 2 N–H and O–H groups in total. The van der Waals surface area contributed by atoms with Crippen molar-refractivity contribution in [3.63, 3.8) is 0 Å². The standard InChI is InChI=1S/C20H22FN5O3/c1-13-2-3-16(9-22-13)23-19(27)24-17-7-14(6-15(21)8-17)10-25-4-5-26-18(11-25)12-29-20(26)28/h2-3,6-9,18H,4-5,10-12H2,1H3,(H2,23,24,27). The summed E-state index contributed by atoms with van der Waals surface area (Å²) in [6, 6.07) is 7.58. The Kier molecular flexibility index (Phi) is 5.30. The summed E-state index contributed by atoms with van der Waals surface area (Å²) in [6.45, 7) is 4.72. The maximum absolute atomic E-state index is 14.1. The average molecular weight is 399 g/mol. The Morgan fingerprint density at radius 3 is 2.86 bits per heavy atom. The van der Waals surface area contributed by atoms with E-state index in [2.05, 4.69) is 20.5 Å². The number of aromatic nitrogens is 1. The molecule has 8 nitrogen and oxygen atoms in total. The molecule has 152 valence electrons. The molecule has 0 saturated carbocycles. The molecule has 29 heavy (non-hydrogen) atoms. The van der Waals surface area contributed by atoms with E-state index in [1.165, 1.54) is 12.1 Å². The van der Waals surface area contributed by atoms with Gasteiger partial charge >= 0.3 is 12.1 Å². The highest BCUT2D eigenvalue weighted by atomic mass is 19.1. The smallest absolute Gasteiger partial charge is 0.410 e. The predicted octanol–water partition coefficient (Wildman–Crippen LogP) is 2.81. The van der Waals surface area contributed by atoms with Gasteiger partial charge in [0.1, 0.15) is 12.4 Å². The fourth-order valence-electron chi connectivity index (χ4n) is 3.60. The maximum Gasteiger partial charge on any atom is 0.410 e. The van der Waals surface area contributed by atoms with Crippen molar-refractivity contribution in [2.24, 2.45) is 0 Å².